The summed E-state index contributed by atoms with van der Waals surface area (Å²) in [7, 11) is 1.63. The van der Waals surface area contributed by atoms with Gasteiger partial charge in [0.1, 0.15) is 17.3 Å². The van der Waals surface area contributed by atoms with Crippen LogP contribution in [0.3, 0.4) is 0 Å². The standard InChI is InChI=1S/C21H21N3O3/c1-15-8-10-19(26-2)18(12-15)23-16-9-11-20(22-13-16)24-21(25)14-27-17-6-4-3-5-7-17/h3-13,23H,14H2,1-2H3,(H,22,24,25). The van der Waals surface area contributed by atoms with Crippen molar-refractivity contribution in [2.45, 2.75) is 6.92 Å². The molecule has 27 heavy (non-hydrogen) atoms. The van der Waals surface area contributed by atoms with E-state index < -0.39 is 0 Å². The monoisotopic (exact) mass is 363 g/mol. The minimum atomic E-state index is -0.271. The number of ether oxygens (including phenoxy) is 2. The van der Waals surface area contributed by atoms with E-state index in [2.05, 4.69) is 15.6 Å². The molecule has 0 atom stereocenters. The number of methoxy groups -OCH3 is 1. The average Bonchev–Trinajstić information content (AvgIpc) is 2.69. The van der Waals surface area contributed by atoms with Crippen LogP contribution in [0.15, 0.2) is 66.9 Å². The molecule has 0 spiro atoms. The average molecular weight is 363 g/mol. The second kappa shape index (κ2) is 8.71. The van der Waals surface area contributed by atoms with Crippen molar-refractivity contribution in [3.8, 4) is 11.5 Å². The van der Waals surface area contributed by atoms with Gasteiger partial charge in [0.2, 0.25) is 0 Å². The maximum Gasteiger partial charge on any atom is 0.263 e. The molecule has 1 aromatic heterocycles. The second-order valence-corrected chi connectivity index (χ2v) is 5.91. The number of nitrogens with one attached hydrogen (secondary N) is 2. The van der Waals surface area contributed by atoms with Crippen LogP contribution in [0.5, 0.6) is 11.5 Å². The molecule has 1 amide bonds. The molecule has 2 aromatic carbocycles. The summed E-state index contributed by atoms with van der Waals surface area (Å²) in [5, 5.41) is 5.97. The van der Waals surface area contributed by atoms with Gasteiger partial charge in [-0.15, -0.1) is 0 Å². The lowest BCUT2D eigenvalue weighted by molar-refractivity contribution is -0.118. The molecule has 3 aromatic rings. The third-order valence-corrected chi connectivity index (χ3v) is 3.78. The molecule has 0 bridgehead atoms. The number of hydrogen-bond donors (Lipinski definition) is 2. The quantitative estimate of drug-likeness (QED) is 0.659. The van der Waals surface area contributed by atoms with Gasteiger partial charge < -0.3 is 20.1 Å². The number of carbonyl (C=O) groups is 1. The number of aryl methyl sites for hydroxylation is 1. The van der Waals surface area contributed by atoms with Gasteiger partial charge in [-0.3, -0.25) is 4.79 Å². The molecule has 0 unspecified atom stereocenters. The fraction of sp³-hybridized carbons (Fsp3) is 0.143. The predicted molar refractivity (Wildman–Crippen MR) is 106 cm³/mol. The first kappa shape index (κ1) is 18.3. The summed E-state index contributed by atoms with van der Waals surface area (Å²) in [6.07, 6.45) is 1.65. The zero-order chi connectivity index (χ0) is 19.1. The number of benzene rings is 2. The Morgan fingerprint density at radius 2 is 1.89 bits per heavy atom. The highest BCUT2D eigenvalue weighted by atomic mass is 16.5. The SMILES string of the molecule is COc1ccc(C)cc1Nc1ccc(NC(=O)COc2ccccc2)nc1. The lowest BCUT2D eigenvalue weighted by atomic mass is 10.2. The summed E-state index contributed by atoms with van der Waals surface area (Å²) < 4.78 is 10.8. The Kier molecular flexibility index (Phi) is 5.89. The van der Waals surface area contributed by atoms with Crippen LogP contribution in [0, 0.1) is 6.92 Å². The topological polar surface area (TPSA) is 72.5 Å². The van der Waals surface area contributed by atoms with Crippen LogP contribution in [0.2, 0.25) is 0 Å². The van der Waals surface area contributed by atoms with E-state index >= 15 is 0 Å². The van der Waals surface area contributed by atoms with Crippen molar-refractivity contribution in [2.75, 3.05) is 24.4 Å². The van der Waals surface area contributed by atoms with Crippen molar-refractivity contribution in [3.05, 3.63) is 72.4 Å². The van der Waals surface area contributed by atoms with E-state index in [0.29, 0.717) is 11.6 Å². The number of hydrogen-bond acceptors (Lipinski definition) is 5. The lowest BCUT2D eigenvalue weighted by Crippen LogP contribution is -2.20. The number of carbonyl (C=O) groups excluding carboxylic acids is 1. The number of pyridine rings is 1. The summed E-state index contributed by atoms with van der Waals surface area (Å²) in [5.41, 5.74) is 2.76. The van der Waals surface area contributed by atoms with Crippen LogP contribution in [-0.2, 0) is 4.79 Å². The van der Waals surface area contributed by atoms with Gasteiger partial charge in [0, 0.05) is 0 Å². The van der Waals surface area contributed by atoms with E-state index in [4.69, 9.17) is 9.47 Å². The third kappa shape index (κ3) is 5.22. The van der Waals surface area contributed by atoms with E-state index in [1.54, 1.807) is 31.5 Å². The van der Waals surface area contributed by atoms with Crippen molar-refractivity contribution >= 4 is 23.1 Å². The molecule has 0 aliphatic carbocycles. The van der Waals surface area contributed by atoms with Gasteiger partial charge in [-0.25, -0.2) is 4.98 Å². The van der Waals surface area contributed by atoms with Gasteiger partial charge in [0.05, 0.1) is 24.7 Å². The smallest absolute Gasteiger partial charge is 0.263 e. The Morgan fingerprint density at radius 1 is 1.07 bits per heavy atom. The molecule has 0 radical (unpaired) electrons. The van der Waals surface area contributed by atoms with E-state index in [1.807, 2.05) is 49.4 Å². The van der Waals surface area contributed by atoms with Crippen LogP contribution >= 0.6 is 0 Å². The Morgan fingerprint density at radius 3 is 2.59 bits per heavy atom. The van der Waals surface area contributed by atoms with Crippen molar-refractivity contribution in [1.82, 2.24) is 4.98 Å². The summed E-state index contributed by atoms with van der Waals surface area (Å²) in [6.45, 7) is 1.94. The van der Waals surface area contributed by atoms with Crippen LogP contribution in [-0.4, -0.2) is 24.6 Å². The van der Waals surface area contributed by atoms with Crippen molar-refractivity contribution in [3.63, 3.8) is 0 Å². The first-order valence-electron chi connectivity index (χ1n) is 8.49. The second-order valence-electron chi connectivity index (χ2n) is 5.91. The molecule has 0 aliphatic heterocycles. The predicted octanol–water partition coefficient (Wildman–Crippen LogP) is 4.16. The maximum atomic E-state index is 12.0. The normalized spacial score (nSPS) is 10.1. The number of nitrogens with zero attached hydrogens (tertiary/aromatic N) is 1. The lowest BCUT2D eigenvalue weighted by Gasteiger charge is -2.12. The fourth-order valence-corrected chi connectivity index (χ4v) is 2.46. The van der Waals surface area contributed by atoms with Gasteiger partial charge in [-0.2, -0.15) is 0 Å². The zero-order valence-corrected chi connectivity index (χ0v) is 15.2. The minimum Gasteiger partial charge on any atom is -0.495 e. The molecule has 6 heteroatoms. The van der Waals surface area contributed by atoms with Gasteiger partial charge >= 0.3 is 0 Å². The summed E-state index contributed by atoms with van der Waals surface area (Å²) in [6, 6.07) is 18.6. The Labute approximate surface area is 158 Å². The third-order valence-electron chi connectivity index (χ3n) is 3.78. The highest BCUT2D eigenvalue weighted by molar-refractivity contribution is 5.91. The van der Waals surface area contributed by atoms with Gasteiger partial charge in [-0.05, 0) is 48.9 Å². The summed E-state index contributed by atoms with van der Waals surface area (Å²) in [5.74, 6) is 1.58. The molecule has 0 aliphatic rings. The summed E-state index contributed by atoms with van der Waals surface area (Å²) in [4.78, 5) is 16.2. The van der Waals surface area contributed by atoms with E-state index in [0.717, 1.165) is 22.7 Å². The highest BCUT2D eigenvalue weighted by Gasteiger charge is 2.07. The van der Waals surface area contributed by atoms with Crippen LogP contribution in [0.1, 0.15) is 5.56 Å². The van der Waals surface area contributed by atoms with Gasteiger partial charge in [0.15, 0.2) is 6.61 Å². The Hall–Kier alpha value is -3.54. The number of rotatable bonds is 7. The molecule has 0 fully saturated rings. The number of amides is 1. The molecule has 1 heterocycles. The Bertz CT molecular complexity index is 896. The van der Waals surface area contributed by atoms with Gasteiger partial charge in [0.25, 0.3) is 5.91 Å². The van der Waals surface area contributed by atoms with Crippen molar-refractivity contribution in [2.24, 2.45) is 0 Å². The Balaban J connectivity index is 1.57. The number of anilines is 3. The largest absolute Gasteiger partial charge is 0.495 e. The van der Waals surface area contributed by atoms with Crippen LogP contribution < -0.4 is 20.1 Å². The maximum absolute atomic E-state index is 12.0. The molecular weight excluding hydrogens is 342 g/mol. The molecule has 0 saturated heterocycles. The van der Waals surface area contributed by atoms with Crippen LogP contribution in [0.25, 0.3) is 0 Å². The molecule has 0 saturated carbocycles. The number of para-hydroxylation sites is 1. The van der Waals surface area contributed by atoms with E-state index in [9.17, 15) is 4.79 Å². The van der Waals surface area contributed by atoms with Crippen molar-refractivity contribution in [1.29, 1.82) is 0 Å². The first-order chi connectivity index (χ1) is 13.1. The molecule has 2 N–H and O–H groups in total. The molecular formula is C21H21N3O3. The minimum absolute atomic E-state index is 0.0772. The van der Waals surface area contributed by atoms with Gasteiger partial charge in [-0.1, -0.05) is 24.3 Å². The summed E-state index contributed by atoms with van der Waals surface area (Å²) >= 11 is 0. The van der Waals surface area contributed by atoms with E-state index in [1.165, 1.54) is 0 Å². The number of aromatic nitrogens is 1. The van der Waals surface area contributed by atoms with Crippen LogP contribution in [0.4, 0.5) is 17.2 Å². The zero-order valence-electron chi connectivity index (χ0n) is 15.2. The molecule has 3 rings (SSSR count). The highest BCUT2D eigenvalue weighted by Crippen LogP contribution is 2.28. The molecule has 6 nitrogen and oxygen atoms in total. The molecule has 138 valence electrons. The fourth-order valence-electron chi connectivity index (χ4n) is 2.46. The van der Waals surface area contributed by atoms with E-state index in [-0.39, 0.29) is 12.5 Å². The first-order valence-corrected chi connectivity index (χ1v) is 8.49. The van der Waals surface area contributed by atoms with Crippen molar-refractivity contribution < 1.29 is 14.3 Å².